The number of nitrogens with one attached hydrogen (secondary N) is 1. The lowest BCUT2D eigenvalue weighted by Gasteiger charge is -2.19. The van der Waals surface area contributed by atoms with Gasteiger partial charge in [0.2, 0.25) is 5.91 Å². The van der Waals surface area contributed by atoms with Crippen molar-refractivity contribution in [1.29, 1.82) is 0 Å². The van der Waals surface area contributed by atoms with Gasteiger partial charge in [-0.25, -0.2) is 0 Å². The highest BCUT2D eigenvalue weighted by atomic mass is 16.3. The van der Waals surface area contributed by atoms with E-state index in [9.17, 15) is 15.0 Å². The Morgan fingerprint density at radius 2 is 0.724 bits per heavy atom. The zero-order chi connectivity index (χ0) is 42.1. The lowest BCUT2D eigenvalue weighted by Crippen LogP contribution is -2.45. The third-order valence-corrected chi connectivity index (χ3v) is 11.5. The van der Waals surface area contributed by atoms with Crippen LogP contribution in [0.5, 0.6) is 0 Å². The fourth-order valence-corrected chi connectivity index (χ4v) is 7.54. The smallest absolute Gasteiger partial charge is 0.220 e. The molecule has 338 valence electrons. The lowest BCUT2D eigenvalue weighted by molar-refractivity contribution is -0.123. The van der Waals surface area contributed by atoms with Crippen molar-refractivity contribution in [3.63, 3.8) is 0 Å². The van der Waals surface area contributed by atoms with E-state index in [1.807, 2.05) is 6.08 Å². The first kappa shape index (κ1) is 56.1. The standard InChI is InChI=1S/C54H99NO3/c1-3-5-7-9-11-13-15-17-19-21-22-23-24-25-26-27-28-29-30-31-32-33-34-35-37-39-41-43-45-47-49-53(57)52(51-56)55-54(58)50-48-46-44-42-40-38-36-20-18-16-14-12-10-8-6-4-2/h14,16,20,33-34,36,39,41,47,49,52-53,56-57H,3-13,15,17-19,21-32,35,37-38,40,42-46,48,50-51H2,1-2H3,(H,55,58)/b16-14-,34-33+,36-20-,41-39+,49-47+. The van der Waals surface area contributed by atoms with Crippen LogP contribution in [0.2, 0.25) is 0 Å². The Hall–Kier alpha value is -1.91. The Balaban J connectivity index is 3.59. The molecule has 0 rings (SSSR count). The number of unbranched alkanes of at least 4 members (excludes halogenated alkanes) is 31. The fraction of sp³-hybridized carbons (Fsp3) is 0.796. The van der Waals surface area contributed by atoms with E-state index in [-0.39, 0.29) is 12.5 Å². The molecule has 0 saturated heterocycles. The quantitative estimate of drug-likeness (QED) is 0.0424. The third-order valence-electron chi connectivity index (χ3n) is 11.5. The normalized spacial score (nSPS) is 13.4. The molecule has 0 aromatic carbocycles. The molecule has 0 bridgehead atoms. The van der Waals surface area contributed by atoms with Crippen LogP contribution in [-0.2, 0) is 4.79 Å². The summed E-state index contributed by atoms with van der Waals surface area (Å²) in [5.74, 6) is -0.0921. The molecular formula is C54H99NO3. The molecule has 0 heterocycles. The van der Waals surface area contributed by atoms with Gasteiger partial charge in [0.05, 0.1) is 18.8 Å². The first-order valence-corrected chi connectivity index (χ1v) is 25.5. The van der Waals surface area contributed by atoms with Crippen LogP contribution in [0.3, 0.4) is 0 Å². The van der Waals surface area contributed by atoms with E-state index in [1.54, 1.807) is 6.08 Å². The van der Waals surface area contributed by atoms with E-state index in [2.05, 4.69) is 67.8 Å². The number of amides is 1. The summed E-state index contributed by atoms with van der Waals surface area (Å²) < 4.78 is 0. The van der Waals surface area contributed by atoms with Gasteiger partial charge in [-0.05, 0) is 77.0 Å². The number of carbonyl (C=O) groups excluding carboxylic acids is 1. The summed E-state index contributed by atoms with van der Waals surface area (Å²) in [7, 11) is 0. The average Bonchev–Trinajstić information content (AvgIpc) is 3.23. The van der Waals surface area contributed by atoms with Gasteiger partial charge >= 0.3 is 0 Å². The largest absolute Gasteiger partial charge is 0.394 e. The molecule has 0 aliphatic carbocycles. The van der Waals surface area contributed by atoms with Gasteiger partial charge in [-0.3, -0.25) is 4.79 Å². The number of rotatable bonds is 46. The van der Waals surface area contributed by atoms with Crippen molar-refractivity contribution in [2.45, 2.75) is 270 Å². The van der Waals surface area contributed by atoms with Gasteiger partial charge in [0.25, 0.3) is 0 Å². The summed E-state index contributed by atoms with van der Waals surface area (Å²) in [6, 6.07) is -0.655. The fourth-order valence-electron chi connectivity index (χ4n) is 7.54. The van der Waals surface area contributed by atoms with Crippen molar-refractivity contribution in [2.24, 2.45) is 0 Å². The van der Waals surface area contributed by atoms with Crippen molar-refractivity contribution in [1.82, 2.24) is 5.32 Å². The summed E-state index contributed by atoms with van der Waals surface area (Å²) in [5, 5.41) is 23.0. The highest BCUT2D eigenvalue weighted by Gasteiger charge is 2.17. The summed E-state index contributed by atoms with van der Waals surface area (Å²) in [5.41, 5.74) is 0. The zero-order valence-corrected chi connectivity index (χ0v) is 38.8. The van der Waals surface area contributed by atoms with Crippen molar-refractivity contribution >= 4 is 5.91 Å². The van der Waals surface area contributed by atoms with Gasteiger partial charge < -0.3 is 15.5 Å². The molecule has 0 aromatic rings. The van der Waals surface area contributed by atoms with E-state index in [0.717, 1.165) is 57.8 Å². The Morgan fingerprint density at radius 1 is 0.414 bits per heavy atom. The van der Waals surface area contributed by atoms with Crippen LogP contribution in [-0.4, -0.2) is 34.9 Å². The molecule has 0 radical (unpaired) electrons. The highest BCUT2D eigenvalue weighted by molar-refractivity contribution is 5.76. The molecule has 0 aromatic heterocycles. The molecule has 0 aliphatic rings. The Labute approximate surface area is 362 Å². The van der Waals surface area contributed by atoms with Gasteiger partial charge in [-0.2, -0.15) is 0 Å². The molecule has 4 heteroatoms. The summed E-state index contributed by atoms with van der Waals surface area (Å²) in [4.78, 5) is 12.4. The molecule has 0 spiro atoms. The molecule has 58 heavy (non-hydrogen) atoms. The maximum Gasteiger partial charge on any atom is 0.220 e. The SMILES string of the molecule is CCCCCC/C=C\C/C=C\CCCCCCCC(=O)NC(CO)C(O)/C=C/CC/C=C/CC/C=C/CCCCCCCCCCCCCCCCCCCCCC. The number of allylic oxidation sites excluding steroid dienone is 9. The first-order valence-electron chi connectivity index (χ1n) is 25.5. The van der Waals surface area contributed by atoms with E-state index in [0.29, 0.717) is 6.42 Å². The van der Waals surface area contributed by atoms with Gasteiger partial charge in [0.1, 0.15) is 0 Å². The minimum Gasteiger partial charge on any atom is -0.394 e. The van der Waals surface area contributed by atoms with Crippen molar-refractivity contribution in [3.8, 4) is 0 Å². The number of carbonyl (C=O) groups is 1. The van der Waals surface area contributed by atoms with E-state index < -0.39 is 12.1 Å². The maximum absolute atomic E-state index is 12.4. The summed E-state index contributed by atoms with van der Waals surface area (Å²) in [6.45, 7) is 4.28. The minimum atomic E-state index is -0.879. The lowest BCUT2D eigenvalue weighted by atomic mass is 10.0. The monoisotopic (exact) mass is 810 g/mol. The second-order valence-corrected chi connectivity index (χ2v) is 17.2. The topological polar surface area (TPSA) is 69.6 Å². The predicted molar refractivity (Wildman–Crippen MR) is 258 cm³/mol. The number of aliphatic hydroxyl groups is 2. The molecule has 0 aliphatic heterocycles. The molecule has 0 saturated carbocycles. The van der Waals surface area contributed by atoms with E-state index in [4.69, 9.17) is 0 Å². The van der Waals surface area contributed by atoms with Crippen LogP contribution in [0.1, 0.15) is 258 Å². The van der Waals surface area contributed by atoms with Crippen LogP contribution in [0.25, 0.3) is 0 Å². The van der Waals surface area contributed by atoms with Crippen molar-refractivity contribution in [3.05, 3.63) is 60.8 Å². The molecule has 1 amide bonds. The van der Waals surface area contributed by atoms with Crippen molar-refractivity contribution < 1.29 is 15.0 Å². The molecule has 3 N–H and O–H groups in total. The van der Waals surface area contributed by atoms with Gasteiger partial charge in [0.15, 0.2) is 0 Å². The number of aliphatic hydroxyl groups excluding tert-OH is 2. The molecule has 2 unspecified atom stereocenters. The second kappa shape index (κ2) is 49.5. The Bertz CT molecular complexity index is 965. The second-order valence-electron chi connectivity index (χ2n) is 17.2. The zero-order valence-electron chi connectivity index (χ0n) is 38.8. The van der Waals surface area contributed by atoms with E-state index in [1.165, 1.54) is 180 Å². The third kappa shape index (κ3) is 45.2. The van der Waals surface area contributed by atoms with Gasteiger partial charge in [-0.1, -0.05) is 235 Å². The maximum atomic E-state index is 12.4. The summed E-state index contributed by atoms with van der Waals surface area (Å²) in [6.07, 6.45) is 69.4. The Kier molecular flexibility index (Phi) is 47.8. The van der Waals surface area contributed by atoms with Crippen LogP contribution in [0, 0.1) is 0 Å². The van der Waals surface area contributed by atoms with Crippen molar-refractivity contribution in [2.75, 3.05) is 6.61 Å². The summed E-state index contributed by atoms with van der Waals surface area (Å²) >= 11 is 0. The molecular weight excluding hydrogens is 711 g/mol. The van der Waals surface area contributed by atoms with Gasteiger partial charge in [0, 0.05) is 6.42 Å². The molecule has 0 fully saturated rings. The highest BCUT2D eigenvalue weighted by Crippen LogP contribution is 2.16. The van der Waals surface area contributed by atoms with Crippen LogP contribution in [0.15, 0.2) is 60.8 Å². The number of hydrogen-bond acceptors (Lipinski definition) is 3. The van der Waals surface area contributed by atoms with Gasteiger partial charge in [-0.15, -0.1) is 0 Å². The molecule has 4 nitrogen and oxygen atoms in total. The van der Waals surface area contributed by atoms with Crippen LogP contribution >= 0.6 is 0 Å². The first-order chi connectivity index (χ1) is 28.7. The van der Waals surface area contributed by atoms with Crippen LogP contribution in [0.4, 0.5) is 0 Å². The Morgan fingerprint density at radius 3 is 1.12 bits per heavy atom. The average molecular weight is 810 g/mol. The molecule has 2 atom stereocenters. The predicted octanol–water partition coefficient (Wildman–Crippen LogP) is 16.5. The minimum absolute atomic E-state index is 0.0921. The van der Waals surface area contributed by atoms with E-state index >= 15 is 0 Å². The number of hydrogen-bond donors (Lipinski definition) is 3. The van der Waals surface area contributed by atoms with Crippen LogP contribution < -0.4 is 5.32 Å².